The molecule has 2 rings (SSSR count). The average molecular weight is 243 g/mol. The summed E-state index contributed by atoms with van der Waals surface area (Å²) in [5.41, 5.74) is 1.20. The summed E-state index contributed by atoms with van der Waals surface area (Å²) in [5, 5.41) is 3.87. The molecule has 0 bridgehead atoms. The summed E-state index contributed by atoms with van der Waals surface area (Å²) in [4.78, 5) is 7.87. The minimum atomic E-state index is 0.569. The van der Waals surface area contributed by atoms with Crippen LogP contribution in [0.25, 0.3) is 0 Å². The summed E-state index contributed by atoms with van der Waals surface area (Å²) in [7, 11) is 0. The predicted molar refractivity (Wildman–Crippen MR) is 68.5 cm³/mol. The highest BCUT2D eigenvalue weighted by Crippen LogP contribution is 2.34. The standard InChI is InChI=1S/C10H17N3S2/c1-2-11-5-8-6-12-10(13-8)9-7-14-3-4-15-9/h6,9,11H,2-5,7H2,1H3,(H,12,13). The third-order valence-electron chi connectivity index (χ3n) is 2.33. The molecule has 3 nitrogen and oxygen atoms in total. The van der Waals surface area contributed by atoms with Gasteiger partial charge in [-0.1, -0.05) is 6.92 Å². The van der Waals surface area contributed by atoms with Gasteiger partial charge >= 0.3 is 0 Å². The molecule has 0 amide bonds. The molecule has 0 aromatic carbocycles. The molecule has 2 N–H and O–H groups in total. The number of aromatic nitrogens is 2. The number of hydrogen-bond donors (Lipinski definition) is 2. The molecule has 1 aliphatic heterocycles. The molecule has 1 aromatic rings. The fourth-order valence-corrected chi connectivity index (χ4v) is 4.17. The van der Waals surface area contributed by atoms with Crippen molar-refractivity contribution in [3.8, 4) is 0 Å². The predicted octanol–water partition coefficient (Wildman–Crippen LogP) is 2.04. The van der Waals surface area contributed by atoms with Gasteiger partial charge in [-0.15, -0.1) is 11.8 Å². The van der Waals surface area contributed by atoms with Crippen LogP contribution in [0.1, 0.15) is 23.7 Å². The summed E-state index contributed by atoms with van der Waals surface area (Å²) >= 11 is 4.05. The SMILES string of the molecule is CCNCc1cnc(C2CSCCS2)[nH]1. The molecule has 1 saturated heterocycles. The van der Waals surface area contributed by atoms with Gasteiger partial charge in [0, 0.05) is 35.7 Å². The molecule has 0 radical (unpaired) electrons. The van der Waals surface area contributed by atoms with E-state index in [-0.39, 0.29) is 0 Å². The summed E-state index contributed by atoms with van der Waals surface area (Å²) in [5.74, 6) is 4.88. The van der Waals surface area contributed by atoms with Gasteiger partial charge in [0.05, 0.1) is 5.25 Å². The highest BCUT2D eigenvalue weighted by Gasteiger charge is 2.18. The number of nitrogens with one attached hydrogen (secondary N) is 2. The quantitative estimate of drug-likeness (QED) is 0.849. The van der Waals surface area contributed by atoms with Crippen LogP contribution in [0.5, 0.6) is 0 Å². The van der Waals surface area contributed by atoms with Crippen molar-refractivity contribution >= 4 is 23.5 Å². The van der Waals surface area contributed by atoms with E-state index in [0.29, 0.717) is 5.25 Å². The van der Waals surface area contributed by atoms with Gasteiger partial charge in [-0.3, -0.25) is 0 Å². The fourth-order valence-electron chi connectivity index (χ4n) is 1.54. The topological polar surface area (TPSA) is 40.7 Å². The number of hydrogen-bond acceptors (Lipinski definition) is 4. The fraction of sp³-hybridized carbons (Fsp3) is 0.700. The molecular weight excluding hydrogens is 226 g/mol. The molecule has 1 unspecified atom stereocenters. The van der Waals surface area contributed by atoms with Crippen molar-refractivity contribution in [1.29, 1.82) is 0 Å². The third kappa shape index (κ3) is 3.16. The smallest absolute Gasteiger partial charge is 0.120 e. The van der Waals surface area contributed by atoms with Gasteiger partial charge in [-0.2, -0.15) is 11.8 Å². The van der Waals surface area contributed by atoms with Crippen molar-refractivity contribution in [3.63, 3.8) is 0 Å². The van der Waals surface area contributed by atoms with Crippen LogP contribution in [0.15, 0.2) is 6.20 Å². The number of H-pyrrole nitrogens is 1. The Kier molecular flexibility index (Phi) is 4.41. The highest BCUT2D eigenvalue weighted by atomic mass is 32.2. The second-order valence-electron chi connectivity index (χ2n) is 3.51. The van der Waals surface area contributed by atoms with Crippen molar-refractivity contribution in [3.05, 3.63) is 17.7 Å². The average Bonchev–Trinajstić information content (AvgIpc) is 2.76. The van der Waals surface area contributed by atoms with Crippen molar-refractivity contribution < 1.29 is 0 Å². The molecule has 2 heterocycles. The summed E-state index contributed by atoms with van der Waals surface area (Å²) in [6.45, 7) is 4.02. The normalized spacial score (nSPS) is 21.8. The van der Waals surface area contributed by atoms with Crippen LogP contribution in [0.2, 0.25) is 0 Å². The lowest BCUT2D eigenvalue weighted by molar-refractivity contribution is 0.712. The maximum Gasteiger partial charge on any atom is 0.120 e. The molecular formula is C10H17N3S2. The second-order valence-corrected chi connectivity index (χ2v) is 5.97. The maximum absolute atomic E-state index is 4.46. The van der Waals surface area contributed by atoms with E-state index in [4.69, 9.17) is 0 Å². The number of rotatable bonds is 4. The van der Waals surface area contributed by atoms with Crippen LogP contribution < -0.4 is 5.32 Å². The van der Waals surface area contributed by atoms with Gasteiger partial charge < -0.3 is 10.3 Å². The van der Waals surface area contributed by atoms with Crippen LogP contribution in [-0.4, -0.2) is 33.8 Å². The molecule has 1 fully saturated rings. The highest BCUT2D eigenvalue weighted by molar-refractivity contribution is 8.06. The van der Waals surface area contributed by atoms with Crippen molar-refractivity contribution in [1.82, 2.24) is 15.3 Å². The molecule has 0 saturated carbocycles. The van der Waals surface area contributed by atoms with Crippen molar-refractivity contribution in [2.24, 2.45) is 0 Å². The molecule has 0 spiro atoms. The summed E-state index contributed by atoms with van der Waals surface area (Å²) < 4.78 is 0. The van der Waals surface area contributed by atoms with Gasteiger partial charge in [-0.25, -0.2) is 4.98 Å². The first-order valence-corrected chi connectivity index (χ1v) is 7.54. The van der Waals surface area contributed by atoms with E-state index in [2.05, 4.69) is 22.2 Å². The maximum atomic E-state index is 4.46. The van der Waals surface area contributed by atoms with Crippen molar-refractivity contribution in [2.45, 2.75) is 18.7 Å². The van der Waals surface area contributed by atoms with Crippen LogP contribution in [0.3, 0.4) is 0 Å². The Morgan fingerprint density at radius 1 is 1.60 bits per heavy atom. The molecule has 1 aliphatic rings. The molecule has 1 atom stereocenters. The van der Waals surface area contributed by atoms with E-state index < -0.39 is 0 Å². The van der Waals surface area contributed by atoms with E-state index in [0.717, 1.165) is 18.9 Å². The lowest BCUT2D eigenvalue weighted by Gasteiger charge is -2.18. The van der Waals surface area contributed by atoms with E-state index in [9.17, 15) is 0 Å². The third-order valence-corrected chi connectivity index (χ3v) is 5.10. The van der Waals surface area contributed by atoms with Gasteiger partial charge in [0.25, 0.3) is 0 Å². The lowest BCUT2D eigenvalue weighted by Crippen LogP contribution is -2.12. The zero-order valence-corrected chi connectivity index (χ0v) is 10.6. The van der Waals surface area contributed by atoms with Crippen molar-refractivity contribution in [2.75, 3.05) is 23.8 Å². The first-order valence-electron chi connectivity index (χ1n) is 5.34. The zero-order valence-electron chi connectivity index (χ0n) is 8.95. The molecule has 5 heteroatoms. The van der Waals surface area contributed by atoms with E-state index in [1.807, 2.05) is 29.7 Å². The monoisotopic (exact) mass is 243 g/mol. The Balaban J connectivity index is 1.93. The minimum absolute atomic E-state index is 0.569. The van der Waals surface area contributed by atoms with E-state index >= 15 is 0 Å². The molecule has 15 heavy (non-hydrogen) atoms. The number of aromatic amines is 1. The molecule has 84 valence electrons. The summed E-state index contributed by atoms with van der Waals surface area (Å²) in [6.07, 6.45) is 1.96. The Morgan fingerprint density at radius 3 is 3.27 bits per heavy atom. The lowest BCUT2D eigenvalue weighted by atomic mass is 10.4. The first-order chi connectivity index (χ1) is 7.40. The zero-order chi connectivity index (χ0) is 10.5. The van der Waals surface area contributed by atoms with Crippen LogP contribution in [-0.2, 0) is 6.54 Å². The Bertz CT molecular complexity index is 295. The second kappa shape index (κ2) is 5.82. The molecule has 1 aromatic heterocycles. The molecule has 0 aliphatic carbocycles. The van der Waals surface area contributed by atoms with Gasteiger partial charge in [-0.05, 0) is 6.54 Å². The van der Waals surface area contributed by atoms with E-state index in [1.165, 1.54) is 23.0 Å². The minimum Gasteiger partial charge on any atom is -0.344 e. The van der Waals surface area contributed by atoms with Crippen LogP contribution in [0, 0.1) is 0 Å². The Morgan fingerprint density at radius 2 is 2.53 bits per heavy atom. The van der Waals surface area contributed by atoms with Gasteiger partial charge in [0.2, 0.25) is 0 Å². The van der Waals surface area contributed by atoms with Crippen LogP contribution in [0.4, 0.5) is 0 Å². The van der Waals surface area contributed by atoms with Crippen LogP contribution >= 0.6 is 23.5 Å². The summed E-state index contributed by atoms with van der Waals surface area (Å²) in [6, 6.07) is 0. The Hall–Kier alpha value is -0.130. The Labute approximate surface area is 99.2 Å². The van der Waals surface area contributed by atoms with Gasteiger partial charge in [0.1, 0.15) is 5.82 Å². The first kappa shape index (κ1) is 11.4. The number of thioether (sulfide) groups is 2. The van der Waals surface area contributed by atoms with E-state index in [1.54, 1.807) is 0 Å². The number of nitrogens with zero attached hydrogens (tertiary/aromatic N) is 1. The largest absolute Gasteiger partial charge is 0.344 e. The number of imidazole rings is 1. The van der Waals surface area contributed by atoms with Gasteiger partial charge in [0.15, 0.2) is 0 Å².